The molecule has 24 heavy (non-hydrogen) atoms. The Bertz CT molecular complexity index is 686. The first-order chi connectivity index (χ1) is 11.5. The predicted molar refractivity (Wildman–Crippen MR) is 95.5 cm³/mol. The molecule has 1 atom stereocenters. The summed E-state index contributed by atoms with van der Waals surface area (Å²) in [5.74, 6) is -0.323. The van der Waals surface area contributed by atoms with Gasteiger partial charge in [-0.3, -0.25) is 9.59 Å². The molecule has 2 aromatic carbocycles. The van der Waals surface area contributed by atoms with E-state index in [2.05, 4.69) is 5.32 Å². The van der Waals surface area contributed by atoms with E-state index in [9.17, 15) is 9.59 Å². The molecule has 0 saturated heterocycles. The van der Waals surface area contributed by atoms with Gasteiger partial charge in [-0.15, -0.1) is 0 Å². The minimum absolute atomic E-state index is 0.0268. The number of rotatable bonds is 6. The summed E-state index contributed by atoms with van der Waals surface area (Å²) >= 11 is 5.84. The molecule has 0 aliphatic heterocycles. The first-order valence-electron chi connectivity index (χ1n) is 7.80. The molecule has 2 aromatic rings. The Hall–Kier alpha value is -2.33. The van der Waals surface area contributed by atoms with Crippen molar-refractivity contribution in [1.29, 1.82) is 0 Å². The maximum atomic E-state index is 12.2. The molecule has 126 valence electrons. The lowest BCUT2D eigenvalue weighted by atomic mass is 10.1. The van der Waals surface area contributed by atoms with Crippen molar-refractivity contribution in [3.05, 3.63) is 70.7 Å². The Morgan fingerprint density at radius 3 is 2.29 bits per heavy atom. The molecular formula is C19H21ClN2O2. The Labute approximate surface area is 147 Å². The minimum atomic E-state index is -0.192. The highest BCUT2D eigenvalue weighted by Crippen LogP contribution is 2.19. The lowest BCUT2D eigenvalue weighted by Crippen LogP contribution is -2.40. The molecule has 0 bridgehead atoms. The summed E-state index contributed by atoms with van der Waals surface area (Å²) in [4.78, 5) is 25.7. The van der Waals surface area contributed by atoms with E-state index >= 15 is 0 Å². The number of halogens is 1. The van der Waals surface area contributed by atoms with E-state index < -0.39 is 0 Å². The van der Waals surface area contributed by atoms with Gasteiger partial charge < -0.3 is 10.2 Å². The van der Waals surface area contributed by atoms with Gasteiger partial charge in [0.1, 0.15) is 6.54 Å². The monoisotopic (exact) mass is 344 g/mol. The molecule has 0 spiro atoms. The first kappa shape index (κ1) is 18.0. The van der Waals surface area contributed by atoms with Gasteiger partial charge in [0, 0.05) is 18.5 Å². The van der Waals surface area contributed by atoms with Gasteiger partial charge >= 0.3 is 0 Å². The summed E-state index contributed by atoms with van der Waals surface area (Å²) in [5, 5.41) is 3.49. The Balaban J connectivity index is 1.96. The van der Waals surface area contributed by atoms with Crippen molar-refractivity contribution in [2.24, 2.45) is 0 Å². The number of nitrogens with zero attached hydrogens (tertiary/aromatic N) is 1. The van der Waals surface area contributed by atoms with Gasteiger partial charge in [0.25, 0.3) is 0 Å². The maximum Gasteiger partial charge on any atom is 0.239 e. The fourth-order valence-electron chi connectivity index (χ4n) is 2.45. The summed E-state index contributed by atoms with van der Waals surface area (Å²) in [5.41, 5.74) is 1.96. The van der Waals surface area contributed by atoms with Crippen molar-refractivity contribution in [3.63, 3.8) is 0 Å². The number of amides is 2. The van der Waals surface area contributed by atoms with Crippen LogP contribution in [0.4, 0.5) is 0 Å². The van der Waals surface area contributed by atoms with Gasteiger partial charge in [-0.05, 0) is 30.2 Å². The zero-order valence-corrected chi connectivity index (χ0v) is 14.6. The quantitative estimate of drug-likeness (QED) is 0.871. The van der Waals surface area contributed by atoms with Crippen LogP contribution >= 0.6 is 11.6 Å². The zero-order chi connectivity index (χ0) is 17.5. The van der Waals surface area contributed by atoms with Crippen LogP contribution in [0.15, 0.2) is 54.6 Å². The average Bonchev–Trinajstić information content (AvgIpc) is 2.59. The fraction of sp³-hybridized carbons (Fsp3) is 0.263. The molecule has 0 aliphatic rings. The second-order valence-corrected chi connectivity index (χ2v) is 6.07. The maximum absolute atomic E-state index is 12.2. The highest BCUT2D eigenvalue weighted by Gasteiger charge is 2.20. The molecule has 1 unspecified atom stereocenters. The second-order valence-electron chi connectivity index (χ2n) is 5.64. The minimum Gasteiger partial charge on any atom is -0.350 e. The zero-order valence-electron chi connectivity index (χ0n) is 13.8. The van der Waals surface area contributed by atoms with Gasteiger partial charge in [0.05, 0.1) is 6.04 Å². The van der Waals surface area contributed by atoms with Crippen LogP contribution in [-0.2, 0) is 16.1 Å². The van der Waals surface area contributed by atoms with Crippen LogP contribution in [0.5, 0.6) is 0 Å². The molecule has 2 amide bonds. The van der Waals surface area contributed by atoms with E-state index in [0.29, 0.717) is 11.6 Å². The highest BCUT2D eigenvalue weighted by molar-refractivity contribution is 6.30. The van der Waals surface area contributed by atoms with Gasteiger partial charge in [0.2, 0.25) is 11.8 Å². The van der Waals surface area contributed by atoms with Crippen molar-refractivity contribution in [2.75, 3.05) is 6.54 Å². The van der Waals surface area contributed by atoms with E-state index in [4.69, 9.17) is 11.6 Å². The van der Waals surface area contributed by atoms with Crippen LogP contribution in [0.1, 0.15) is 31.0 Å². The van der Waals surface area contributed by atoms with Crippen LogP contribution in [0.2, 0.25) is 5.02 Å². The highest BCUT2D eigenvalue weighted by atomic mass is 35.5. The SMILES string of the molecule is CC(=O)N(CC(=O)NCc1ccc(Cl)cc1)C(C)c1ccccc1. The number of benzene rings is 2. The molecule has 0 aromatic heterocycles. The molecule has 0 fully saturated rings. The summed E-state index contributed by atoms with van der Waals surface area (Å²) in [6, 6.07) is 16.8. The van der Waals surface area contributed by atoms with E-state index in [-0.39, 0.29) is 24.4 Å². The van der Waals surface area contributed by atoms with Crippen molar-refractivity contribution in [2.45, 2.75) is 26.4 Å². The molecule has 0 saturated carbocycles. The number of hydrogen-bond acceptors (Lipinski definition) is 2. The average molecular weight is 345 g/mol. The standard InChI is InChI=1S/C19H21ClN2O2/c1-14(17-6-4-3-5-7-17)22(15(2)23)13-19(24)21-12-16-8-10-18(20)11-9-16/h3-11,14H,12-13H2,1-2H3,(H,21,24). The lowest BCUT2D eigenvalue weighted by Gasteiger charge is -2.28. The lowest BCUT2D eigenvalue weighted by molar-refractivity contribution is -0.136. The second kappa shape index (κ2) is 8.50. The third kappa shape index (κ3) is 5.10. The fourth-order valence-corrected chi connectivity index (χ4v) is 2.57. The van der Waals surface area contributed by atoms with E-state index in [1.807, 2.05) is 49.4 Å². The van der Waals surface area contributed by atoms with Crippen molar-refractivity contribution in [3.8, 4) is 0 Å². The van der Waals surface area contributed by atoms with Crippen LogP contribution < -0.4 is 5.32 Å². The van der Waals surface area contributed by atoms with Gasteiger partial charge in [-0.25, -0.2) is 0 Å². The number of nitrogens with one attached hydrogen (secondary N) is 1. The van der Waals surface area contributed by atoms with Crippen LogP contribution in [-0.4, -0.2) is 23.3 Å². The molecule has 0 radical (unpaired) electrons. The number of carbonyl (C=O) groups excluding carboxylic acids is 2. The summed E-state index contributed by atoms with van der Waals surface area (Å²) in [6.45, 7) is 3.83. The van der Waals surface area contributed by atoms with E-state index in [1.54, 1.807) is 17.0 Å². The Kier molecular flexibility index (Phi) is 6.38. The summed E-state index contributed by atoms with van der Waals surface area (Å²) < 4.78 is 0. The third-order valence-electron chi connectivity index (χ3n) is 3.87. The molecule has 0 heterocycles. The largest absolute Gasteiger partial charge is 0.350 e. The van der Waals surface area contributed by atoms with Gasteiger partial charge in [0.15, 0.2) is 0 Å². The van der Waals surface area contributed by atoms with E-state index in [0.717, 1.165) is 11.1 Å². The normalized spacial score (nSPS) is 11.6. The van der Waals surface area contributed by atoms with Crippen molar-refractivity contribution < 1.29 is 9.59 Å². The van der Waals surface area contributed by atoms with Crippen LogP contribution in [0.3, 0.4) is 0 Å². The molecule has 0 aliphatic carbocycles. The van der Waals surface area contributed by atoms with Crippen LogP contribution in [0.25, 0.3) is 0 Å². The number of hydrogen-bond donors (Lipinski definition) is 1. The third-order valence-corrected chi connectivity index (χ3v) is 4.12. The predicted octanol–water partition coefficient (Wildman–Crippen LogP) is 3.57. The van der Waals surface area contributed by atoms with Crippen molar-refractivity contribution >= 4 is 23.4 Å². The molecular weight excluding hydrogens is 324 g/mol. The van der Waals surface area contributed by atoms with Crippen molar-refractivity contribution in [1.82, 2.24) is 10.2 Å². The van der Waals surface area contributed by atoms with Crippen LogP contribution in [0, 0.1) is 0 Å². The summed E-state index contributed by atoms with van der Waals surface area (Å²) in [6.07, 6.45) is 0. The topological polar surface area (TPSA) is 49.4 Å². The van der Waals surface area contributed by atoms with Gasteiger partial charge in [-0.1, -0.05) is 54.1 Å². The summed E-state index contributed by atoms with van der Waals surface area (Å²) in [7, 11) is 0. The number of carbonyl (C=O) groups is 2. The van der Waals surface area contributed by atoms with Gasteiger partial charge in [-0.2, -0.15) is 0 Å². The molecule has 1 N–H and O–H groups in total. The smallest absolute Gasteiger partial charge is 0.239 e. The molecule has 5 heteroatoms. The first-order valence-corrected chi connectivity index (χ1v) is 8.18. The Morgan fingerprint density at radius 1 is 1.08 bits per heavy atom. The molecule has 2 rings (SSSR count). The Morgan fingerprint density at radius 2 is 1.71 bits per heavy atom. The van der Waals surface area contributed by atoms with E-state index in [1.165, 1.54) is 6.92 Å². The molecule has 4 nitrogen and oxygen atoms in total.